The van der Waals surface area contributed by atoms with Gasteiger partial charge in [0.25, 0.3) is 0 Å². The lowest BCUT2D eigenvalue weighted by atomic mass is 10.2. The molecule has 0 aliphatic carbocycles. The second-order valence-electron chi connectivity index (χ2n) is 3.59. The van der Waals surface area contributed by atoms with Gasteiger partial charge in [-0.05, 0) is 42.7 Å². The maximum Gasteiger partial charge on any atom is 0.346 e. The van der Waals surface area contributed by atoms with E-state index in [1.807, 2.05) is 12.3 Å². The summed E-state index contributed by atoms with van der Waals surface area (Å²) in [7, 11) is 0. The summed E-state index contributed by atoms with van der Waals surface area (Å²) in [6.45, 7) is 0. The number of nitriles is 1. The first-order chi connectivity index (χ1) is 9.24. The van der Waals surface area contributed by atoms with Crippen molar-refractivity contribution in [1.82, 2.24) is 4.98 Å². The molecule has 0 fully saturated rings. The van der Waals surface area contributed by atoms with Crippen molar-refractivity contribution in [3.8, 4) is 11.8 Å². The van der Waals surface area contributed by atoms with Gasteiger partial charge in [0.15, 0.2) is 0 Å². The zero-order valence-electron chi connectivity index (χ0n) is 10.2. The third-order valence-electron chi connectivity index (χ3n) is 2.38. The fourth-order valence-corrected chi connectivity index (χ4v) is 2.01. The van der Waals surface area contributed by atoms with Crippen LogP contribution in [0.4, 0.5) is 0 Å². The van der Waals surface area contributed by atoms with Gasteiger partial charge in [0.2, 0.25) is 0 Å². The summed E-state index contributed by atoms with van der Waals surface area (Å²) in [6.07, 6.45) is 3.48. The Morgan fingerprint density at radius 1 is 1.32 bits per heavy atom. The third kappa shape index (κ3) is 3.12. The molecule has 94 valence electrons. The zero-order valence-corrected chi connectivity index (χ0v) is 11.0. The summed E-state index contributed by atoms with van der Waals surface area (Å²) >= 11 is 1.39. The van der Waals surface area contributed by atoms with E-state index < -0.39 is 5.97 Å². The van der Waals surface area contributed by atoms with Gasteiger partial charge in [-0.25, -0.2) is 9.78 Å². The highest BCUT2D eigenvalue weighted by Gasteiger charge is 2.13. The van der Waals surface area contributed by atoms with E-state index in [-0.39, 0.29) is 0 Å². The number of carbonyl (C=O) groups excluding carboxylic acids is 1. The van der Waals surface area contributed by atoms with E-state index in [0.29, 0.717) is 21.9 Å². The molecule has 0 bridgehead atoms. The molecule has 0 spiro atoms. The first kappa shape index (κ1) is 13.1. The van der Waals surface area contributed by atoms with Gasteiger partial charge in [0, 0.05) is 6.20 Å². The largest absolute Gasteiger partial charge is 0.423 e. The van der Waals surface area contributed by atoms with Crippen molar-refractivity contribution >= 4 is 17.7 Å². The predicted octanol–water partition coefficient (Wildman–Crippen LogP) is 2.89. The molecule has 0 saturated carbocycles. The van der Waals surface area contributed by atoms with Crippen molar-refractivity contribution in [2.24, 2.45) is 0 Å². The molecule has 0 aliphatic rings. The lowest BCUT2D eigenvalue weighted by Gasteiger charge is -2.06. The Morgan fingerprint density at radius 3 is 2.68 bits per heavy atom. The van der Waals surface area contributed by atoms with Gasteiger partial charge in [0.05, 0.1) is 17.2 Å². The fourth-order valence-electron chi connectivity index (χ4n) is 1.47. The molecule has 0 unspecified atom stereocenters. The third-order valence-corrected chi connectivity index (χ3v) is 3.09. The van der Waals surface area contributed by atoms with E-state index in [9.17, 15) is 4.79 Å². The standard InChI is InChI=1S/C14H10N2O2S/c1-19-13-12(3-2-8-16-13)14(17)18-11-6-4-10(9-15)5-7-11/h2-8H,1H3. The van der Waals surface area contributed by atoms with Crippen molar-refractivity contribution < 1.29 is 9.53 Å². The SMILES string of the molecule is CSc1ncccc1C(=O)Oc1ccc(C#N)cc1. The Labute approximate surface area is 115 Å². The molecule has 5 heteroatoms. The molecule has 1 heterocycles. The highest BCUT2D eigenvalue weighted by atomic mass is 32.2. The van der Waals surface area contributed by atoms with E-state index >= 15 is 0 Å². The van der Waals surface area contributed by atoms with Gasteiger partial charge >= 0.3 is 5.97 Å². The van der Waals surface area contributed by atoms with Gasteiger partial charge in [0.1, 0.15) is 10.8 Å². The van der Waals surface area contributed by atoms with E-state index in [1.54, 1.807) is 42.6 Å². The molecule has 2 rings (SSSR count). The van der Waals surface area contributed by atoms with Gasteiger partial charge in [-0.3, -0.25) is 0 Å². The minimum Gasteiger partial charge on any atom is -0.423 e. The molecule has 0 atom stereocenters. The Morgan fingerprint density at radius 2 is 2.05 bits per heavy atom. The summed E-state index contributed by atoms with van der Waals surface area (Å²) in [6, 6.07) is 11.7. The molecule has 0 saturated heterocycles. The maximum absolute atomic E-state index is 12.0. The molecule has 0 N–H and O–H groups in total. The molecule has 1 aromatic carbocycles. The van der Waals surface area contributed by atoms with Crippen LogP contribution in [0.15, 0.2) is 47.6 Å². The number of carbonyl (C=O) groups is 1. The van der Waals surface area contributed by atoms with E-state index in [1.165, 1.54) is 11.8 Å². The zero-order chi connectivity index (χ0) is 13.7. The Bertz CT molecular complexity index is 633. The van der Waals surface area contributed by atoms with Crippen LogP contribution < -0.4 is 4.74 Å². The molecule has 0 radical (unpaired) electrons. The first-order valence-electron chi connectivity index (χ1n) is 5.46. The highest BCUT2D eigenvalue weighted by Crippen LogP contribution is 2.19. The average Bonchev–Trinajstić information content (AvgIpc) is 2.48. The van der Waals surface area contributed by atoms with Crippen molar-refractivity contribution in [1.29, 1.82) is 5.26 Å². The maximum atomic E-state index is 12.0. The number of ether oxygens (including phenoxy) is 1. The number of aromatic nitrogens is 1. The van der Waals surface area contributed by atoms with Crippen LogP contribution in [0.2, 0.25) is 0 Å². The number of hydrogen-bond donors (Lipinski definition) is 0. The van der Waals surface area contributed by atoms with E-state index in [2.05, 4.69) is 4.98 Å². The second kappa shape index (κ2) is 6.03. The van der Waals surface area contributed by atoms with Crippen LogP contribution in [0.1, 0.15) is 15.9 Å². The second-order valence-corrected chi connectivity index (χ2v) is 4.38. The normalized spacial score (nSPS) is 9.68. The Hall–Kier alpha value is -2.32. The summed E-state index contributed by atoms with van der Waals surface area (Å²) in [5.41, 5.74) is 0.949. The average molecular weight is 270 g/mol. The number of thioether (sulfide) groups is 1. The number of pyridine rings is 1. The van der Waals surface area contributed by atoms with Crippen LogP contribution in [-0.4, -0.2) is 17.2 Å². The van der Waals surface area contributed by atoms with Gasteiger partial charge in [-0.1, -0.05) is 0 Å². The lowest BCUT2D eigenvalue weighted by molar-refractivity contribution is 0.0730. The highest BCUT2D eigenvalue weighted by molar-refractivity contribution is 7.98. The number of rotatable bonds is 3. The van der Waals surface area contributed by atoms with Crippen LogP contribution in [0.5, 0.6) is 5.75 Å². The minimum atomic E-state index is -0.456. The van der Waals surface area contributed by atoms with Crippen molar-refractivity contribution in [2.45, 2.75) is 5.03 Å². The number of esters is 1. The summed E-state index contributed by atoms with van der Waals surface area (Å²) in [4.78, 5) is 16.1. The Balaban J connectivity index is 2.18. The molecule has 1 aromatic heterocycles. The number of hydrogen-bond acceptors (Lipinski definition) is 5. The number of benzene rings is 1. The summed E-state index contributed by atoms with van der Waals surface area (Å²) < 4.78 is 5.24. The molecule has 4 nitrogen and oxygen atoms in total. The van der Waals surface area contributed by atoms with Gasteiger partial charge in [-0.15, -0.1) is 11.8 Å². The molecule has 19 heavy (non-hydrogen) atoms. The minimum absolute atomic E-state index is 0.403. The monoisotopic (exact) mass is 270 g/mol. The fraction of sp³-hybridized carbons (Fsp3) is 0.0714. The van der Waals surface area contributed by atoms with Gasteiger partial charge < -0.3 is 4.74 Å². The van der Waals surface area contributed by atoms with E-state index in [0.717, 1.165) is 0 Å². The van der Waals surface area contributed by atoms with Crippen molar-refractivity contribution in [2.75, 3.05) is 6.26 Å². The number of nitrogens with zero attached hydrogens (tertiary/aromatic N) is 2. The summed E-state index contributed by atoms with van der Waals surface area (Å²) in [5, 5.41) is 9.31. The van der Waals surface area contributed by atoms with E-state index in [4.69, 9.17) is 10.00 Å². The molecular formula is C14H10N2O2S. The van der Waals surface area contributed by atoms with Crippen molar-refractivity contribution in [3.05, 3.63) is 53.7 Å². The van der Waals surface area contributed by atoms with Crippen LogP contribution in [0.25, 0.3) is 0 Å². The first-order valence-corrected chi connectivity index (χ1v) is 6.68. The topological polar surface area (TPSA) is 63.0 Å². The molecular weight excluding hydrogens is 260 g/mol. The quantitative estimate of drug-likeness (QED) is 0.487. The van der Waals surface area contributed by atoms with Crippen LogP contribution in [0, 0.1) is 11.3 Å². The van der Waals surface area contributed by atoms with Gasteiger partial charge in [-0.2, -0.15) is 5.26 Å². The predicted molar refractivity (Wildman–Crippen MR) is 72.1 cm³/mol. The van der Waals surface area contributed by atoms with Crippen LogP contribution in [0.3, 0.4) is 0 Å². The van der Waals surface area contributed by atoms with Crippen LogP contribution >= 0.6 is 11.8 Å². The Kier molecular flexibility index (Phi) is 4.16. The van der Waals surface area contributed by atoms with Crippen molar-refractivity contribution in [3.63, 3.8) is 0 Å². The summed E-state index contributed by atoms with van der Waals surface area (Å²) in [5.74, 6) is -0.0536. The lowest BCUT2D eigenvalue weighted by Crippen LogP contribution is -2.10. The molecule has 0 aliphatic heterocycles. The molecule has 2 aromatic rings. The molecule has 0 amide bonds. The van der Waals surface area contributed by atoms with Crippen LogP contribution in [-0.2, 0) is 0 Å². The smallest absolute Gasteiger partial charge is 0.346 e.